The van der Waals surface area contributed by atoms with Crippen LogP contribution in [0.4, 0.5) is 5.69 Å². The Kier molecular flexibility index (Phi) is 3.15. The predicted molar refractivity (Wildman–Crippen MR) is 61.4 cm³/mol. The zero-order chi connectivity index (χ0) is 14.2. The number of carbonyl (C=O) groups is 1. The molecule has 1 aromatic carbocycles. The first kappa shape index (κ1) is 12.9. The zero-order valence-corrected chi connectivity index (χ0v) is 9.35. The molecule has 0 saturated carbocycles. The van der Waals surface area contributed by atoms with Crippen LogP contribution >= 0.6 is 0 Å². The second kappa shape index (κ2) is 4.63. The first-order valence-electron chi connectivity index (χ1n) is 5.13. The number of aliphatic carboxylic acids is 1. The van der Waals surface area contributed by atoms with E-state index >= 15 is 0 Å². The van der Waals surface area contributed by atoms with E-state index < -0.39 is 23.1 Å². The monoisotopic (exact) mass is 267 g/mol. The molecule has 2 aromatic rings. The lowest BCUT2D eigenvalue weighted by Crippen LogP contribution is -2.28. The molecule has 100 valence electrons. The molecule has 0 radical (unpaired) electrons. The van der Waals surface area contributed by atoms with Crippen molar-refractivity contribution in [1.82, 2.24) is 9.97 Å². The average molecular weight is 267 g/mol. The van der Waals surface area contributed by atoms with E-state index in [0.717, 1.165) is 0 Å². The predicted octanol–water partition coefficient (Wildman–Crippen LogP) is -0.0500. The van der Waals surface area contributed by atoms with Crippen molar-refractivity contribution in [3.8, 4) is 0 Å². The topological polar surface area (TPSA) is 150 Å². The Bertz CT molecular complexity index is 652. The summed E-state index contributed by atoms with van der Waals surface area (Å²) in [5.41, 5.74) is 0.411. The number of benzene rings is 1. The Hall–Kier alpha value is -2.52. The highest BCUT2D eigenvalue weighted by molar-refractivity contribution is 5.78. The number of fused-ring (bicyclic) bond motifs is 1. The van der Waals surface area contributed by atoms with Crippen molar-refractivity contribution in [3.63, 3.8) is 0 Å². The minimum Gasteiger partial charge on any atom is -0.479 e. The molecule has 1 aromatic heterocycles. The number of rotatable bonds is 4. The maximum atomic E-state index is 10.6. The lowest BCUT2D eigenvalue weighted by Gasteiger charge is -2.10. The number of carboxylic acid groups (broad SMARTS) is 1. The molecule has 0 saturated heterocycles. The third kappa shape index (κ3) is 2.37. The maximum absolute atomic E-state index is 10.6. The van der Waals surface area contributed by atoms with Crippen molar-refractivity contribution in [1.29, 1.82) is 0 Å². The molecule has 0 unspecified atom stereocenters. The summed E-state index contributed by atoms with van der Waals surface area (Å²) in [5, 5.41) is 37.9. The molecule has 0 fully saturated rings. The number of nitro groups is 1. The van der Waals surface area contributed by atoms with Crippen LogP contribution in [-0.4, -0.2) is 42.3 Å². The van der Waals surface area contributed by atoms with Gasteiger partial charge in [-0.3, -0.25) is 10.1 Å². The normalized spacial score (nSPS) is 14.2. The molecule has 0 bridgehead atoms. The van der Waals surface area contributed by atoms with Gasteiger partial charge in [0.15, 0.2) is 6.10 Å². The van der Waals surface area contributed by atoms with Gasteiger partial charge in [0, 0.05) is 12.1 Å². The van der Waals surface area contributed by atoms with E-state index in [9.17, 15) is 25.1 Å². The van der Waals surface area contributed by atoms with Gasteiger partial charge in [0.25, 0.3) is 5.69 Å². The number of carboxylic acids is 1. The molecular formula is C10H9N3O6. The Morgan fingerprint density at radius 1 is 1.42 bits per heavy atom. The lowest BCUT2D eigenvalue weighted by molar-refractivity contribution is -0.384. The minimum atomic E-state index is -2.03. The number of non-ortho nitro benzene ring substituents is 1. The summed E-state index contributed by atoms with van der Waals surface area (Å²) in [5.74, 6) is -1.77. The Morgan fingerprint density at radius 3 is 2.68 bits per heavy atom. The summed E-state index contributed by atoms with van der Waals surface area (Å²) in [6.07, 6.45) is -3.78. The third-order valence-corrected chi connectivity index (χ3v) is 2.53. The Balaban J connectivity index is 2.41. The van der Waals surface area contributed by atoms with E-state index in [1.54, 1.807) is 0 Å². The van der Waals surface area contributed by atoms with Crippen LogP contribution in [0, 0.1) is 10.1 Å². The number of aliphatic hydroxyl groups is 2. The molecule has 2 rings (SSSR count). The molecule has 0 amide bonds. The molecule has 4 N–H and O–H groups in total. The number of nitro benzene ring substituents is 1. The van der Waals surface area contributed by atoms with Gasteiger partial charge >= 0.3 is 5.97 Å². The fraction of sp³-hybridized carbons (Fsp3) is 0.200. The van der Waals surface area contributed by atoms with Crippen molar-refractivity contribution >= 4 is 22.7 Å². The van der Waals surface area contributed by atoms with Crippen LogP contribution in [0.3, 0.4) is 0 Å². The van der Waals surface area contributed by atoms with Crippen LogP contribution in [0.25, 0.3) is 11.0 Å². The van der Waals surface area contributed by atoms with Crippen molar-refractivity contribution in [2.75, 3.05) is 0 Å². The number of aliphatic hydroxyl groups excluding tert-OH is 2. The average Bonchev–Trinajstić information content (AvgIpc) is 2.79. The highest BCUT2D eigenvalue weighted by Crippen LogP contribution is 2.22. The molecule has 9 heteroatoms. The first-order chi connectivity index (χ1) is 8.90. The van der Waals surface area contributed by atoms with E-state index in [1.807, 2.05) is 0 Å². The van der Waals surface area contributed by atoms with Gasteiger partial charge in [-0.15, -0.1) is 0 Å². The molecule has 0 aliphatic carbocycles. The van der Waals surface area contributed by atoms with Crippen LogP contribution in [-0.2, 0) is 4.79 Å². The largest absolute Gasteiger partial charge is 0.479 e. The number of nitrogens with one attached hydrogen (secondary N) is 1. The second-order valence-electron chi connectivity index (χ2n) is 3.81. The summed E-state index contributed by atoms with van der Waals surface area (Å²) in [6.45, 7) is 0. The molecular weight excluding hydrogens is 258 g/mol. The van der Waals surface area contributed by atoms with Crippen molar-refractivity contribution in [2.24, 2.45) is 0 Å². The van der Waals surface area contributed by atoms with Gasteiger partial charge in [0.2, 0.25) is 0 Å². The lowest BCUT2D eigenvalue weighted by atomic mass is 10.2. The van der Waals surface area contributed by atoms with E-state index in [4.69, 9.17) is 5.11 Å². The standard InChI is InChI=1S/C10H9N3O6/c14-7(8(15)10(16)17)9-11-5-2-1-4(13(18)19)3-6(5)12-9/h1-3,7-8,14-15H,(H,11,12)(H,16,17)/t7-,8-/m1/s1. The van der Waals surface area contributed by atoms with E-state index in [-0.39, 0.29) is 17.0 Å². The van der Waals surface area contributed by atoms with Gasteiger partial charge in [-0.2, -0.15) is 0 Å². The number of imidazole rings is 1. The van der Waals surface area contributed by atoms with Crippen LogP contribution in [0.5, 0.6) is 0 Å². The molecule has 0 aliphatic rings. The third-order valence-electron chi connectivity index (χ3n) is 2.53. The summed E-state index contributed by atoms with van der Waals surface area (Å²) in [7, 11) is 0. The number of hydrogen-bond acceptors (Lipinski definition) is 6. The summed E-state index contributed by atoms with van der Waals surface area (Å²) < 4.78 is 0. The first-order valence-corrected chi connectivity index (χ1v) is 5.13. The summed E-state index contributed by atoms with van der Waals surface area (Å²) in [4.78, 5) is 26.9. The van der Waals surface area contributed by atoms with E-state index in [2.05, 4.69) is 9.97 Å². The van der Waals surface area contributed by atoms with E-state index in [0.29, 0.717) is 5.52 Å². The fourth-order valence-corrected chi connectivity index (χ4v) is 1.56. The summed E-state index contributed by atoms with van der Waals surface area (Å²) >= 11 is 0. The molecule has 9 nitrogen and oxygen atoms in total. The highest BCUT2D eigenvalue weighted by Gasteiger charge is 2.27. The minimum absolute atomic E-state index is 0.170. The molecule has 1 heterocycles. The highest BCUT2D eigenvalue weighted by atomic mass is 16.6. The van der Waals surface area contributed by atoms with Gasteiger partial charge in [0.05, 0.1) is 16.0 Å². The maximum Gasteiger partial charge on any atom is 0.335 e. The Labute approximate surface area is 105 Å². The van der Waals surface area contributed by atoms with Gasteiger partial charge in [-0.1, -0.05) is 0 Å². The fourth-order valence-electron chi connectivity index (χ4n) is 1.56. The zero-order valence-electron chi connectivity index (χ0n) is 9.35. The van der Waals surface area contributed by atoms with Gasteiger partial charge in [0.1, 0.15) is 11.9 Å². The smallest absolute Gasteiger partial charge is 0.335 e. The number of hydrogen-bond donors (Lipinski definition) is 4. The summed E-state index contributed by atoms with van der Waals surface area (Å²) in [6, 6.07) is 3.78. The quantitative estimate of drug-likeness (QED) is 0.448. The van der Waals surface area contributed by atoms with Crippen LogP contribution in [0.2, 0.25) is 0 Å². The van der Waals surface area contributed by atoms with E-state index in [1.165, 1.54) is 18.2 Å². The number of aromatic amines is 1. The van der Waals surface area contributed by atoms with Crippen molar-refractivity contribution < 1.29 is 25.0 Å². The van der Waals surface area contributed by atoms with Crippen molar-refractivity contribution in [2.45, 2.75) is 12.2 Å². The molecule has 19 heavy (non-hydrogen) atoms. The van der Waals surface area contributed by atoms with Gasteiger partial charge in [-0.25, -0.2) is 9.78 Å². The van der Waals surface area contributed by atoms with Crippen LogP contribution < -0.4 is 0 Å². The van der Waals surface area contributed by atoms with Crippen LogP contribution in [0.1, 0.15) is 11.9 Å². The van der Waals surface area contributed by atoms with Gasteiger partial charge in [-0.05, 0) is 6.07 Å². The molecule has 0 spiro atoms. The van der Waals surface area contributed by atoms with Crippen molar-refractivity contribution in [3.05, 3.63) is 34.1 Å². The molecule has 2 atom stereocenters. The Morgan fingerprint density at radius 2 is 2.11 bits per heavy atom. The number of aromatic nitrogens is 2. The van der Waals surface area contributed by atoms with Crippen LogP contribution in [0.15, 0.2) is 18.2 Å². The number of H-pyrrole nitrogens is 1. The van der Waals surface area contributed by atoms with Gasteiger partial charge < -0.3 is 20.3 Å². The number of nitrogens with zero attached hydrogens (tertiary/aromatic N) is 2. The molecule has 0 aliphatic heterocycles. The SMILES string of the molecule is O=C(O)[C@H](O)[C@@H](O)c1nc2ccc([N+](=O)[O-])cc2[nH]1. The second-order valence-corrected chi connectivity index (χ2v) is 3.81.